The Morgan fingerprint density at radius 2 is 2.06 bits per heavy atom. The van der Waals surface area contributed by atoms with Gasteiger partial charge in [0.25, 0.3) is 0 Å². The normalized spacial score (nSPS) is 18.1. The van der Waals surface area contributed by atoms with Crippen LogP contribution in [0.5, 0.6) is 0 Å². The van der Waals surface area contributed by atoms with Gasteiger partial charge in [0.1, 0.15) is 11.6 Å². The zero-order chi connectivity index (χ0) is 11.0. The fourth-order valence-corrected chi connectivity index (χ4v) is 2.22. The van der Waals surface area contributed by atoms with Crippen LogP contribution in [0.25, 0.3) is 11.0 Å². The van der Waals surface area contributed by atoms with E-state index in [0.29, 0.717) is 5.92 Å². The highest BCUT2D eigenvalue weighted by atomic mass is 19.1. The SMILES string of the molecule is Fc1ccc2[nH]c(C3CC[N]CC3)nc2c1. The third-order valence-electron chi connectivity index (χ3n) is 3.12. The van der Waals surface area contributed by atoms with E-state index in [0.717, 1.165) is 42.8 Å². The molecule has 1 aromatic carbocycles. The summed E-state index contributed by atoms with van der Waals surface area (Å²) in [6, 6.07) is 4.68. The highest BCUT2D eigenvalue weighted by Crippen LogP contribution is 2.25. The molecule has 3 rings (SSSR count). The van der Waals surface area contributed by atoms with Gasteiger partial charge in [0, 0.05) is 25.1 Å². The van der Waals surface area contributed by atoms with Crippen LogP contribution in [0, 0.1) is 5.82 Å². The molecular weight excluding hydrogens is 205 g/mol. The van der Waals surface area contributed by atoms with Crippen molar-refractivity contribution in [2.24, 2.45) is 0 Å². The topological polar surface area (TPSA) is 42.8 Å². The molecular formula is C12H13FN3. The van der Waals surface area contributed by atoms with Crippen molar-refractivity contribution in [3.8, 4) is 0 Å². The number of halogens is 1. The first-order chi connectivity index (χ1) is 7.83. The van der Waals surface area contributed by atoms with Crippen molar-refractivity contribution in [3.63, 3.8) is 0 Å². The second kappa shape index (κ2) is 3.87. The van der Waals surface area contributed by atoms with Crippen molar-refractivity contribution in [2.75, 3.05) is 13.1 Å². The third-order valence-corrected chi connectivity index (χ3v) is 3.12. The Balaban J connectivity index is 1.97. The van der Waals surface area contributed by atoms with Gasteiger partial charge in [0.05, 0.1) is 11.0 Å². The fourth-order valence-electron chi connectivity index (χ4n) is 2.22. The summed E-state index contributed by atoms with van der Waals surface area (Å²) in [6.07, 6.45) is 2.09. The summed E-state index contributed by atoms with van der Waals surface area (Å²) in [5.41, 5.74) is 1.64. The Morgan fingerprint density at radius 1 is 1.25 bits per heavy atom. The van der Waals surface area contributed by atoms with Gasteiger partial charge >= 0.3 is 0 Å². The molecule has 1 fully saturated rings. The van der Waals surface area contributed by atoms with Crippen LogP contribution in [0.2, 0.25) is 0 Å². The van der Waals surface area contributed by atoms with Crippen LogP contribution in [0.15, 0.2) is 18.2 Å². The highest BCUT2D eigenvalue weighted by Gasteiger charge is 2.19. The molecule has 1 N–H and O–H groups in total. The Morgan fingerprint density at radius 3 is 2.88 bits per heavy atom. The third kappa shape index (κ3) is 1.69. The van der Waals surface area contributed by atoms with Crippen LogP contribution in [0.3, 0.4) is 0 Å². The number of fused-ring (bicyclic) bond motifs is 1. The van der Waals surface area contributed by atoms with Crippen LogP contribution >= 0.6 is 0 Å². The summed E-state index contributed by atoms with van der Waals surface area (Å²) in [4.78, 5) is 7.73. The predicted octanol–water partition coefficient (Wildman–Crippen LogP) is 2.18. The molecule has 1 aromatic heterocycles. The average Bonchev–Trinajstić information content (AvgIpc) is 2.73. The Kier molecular flexibility index (Phi) is 2.36. The van der Waals surface area contributed by atoms with Crippen molar-refractivity contribution in [3.05, 3.63) is 29.8 Å². The maximum atomic E-state index is 13.0. The largest absolute Gasteiger partial charge is 0.342 e. The van der Waals surface area contributed by atoms with E-state index in [9.17, 15) is 4.39 Å². The summed E-state index contributed by atoms with van der Waals surface area (Å²) < 4.78 is 13.0. The van der Waals surface area contributed by atoms with Gasteiger partial charge in [0.2, 0.25) is 0 Å². The first kappa shape index (κ1) is 9.78. The first-order valence-electron chi connectivity index (χ1n) is 5.61. The number of imidazole rings is 1. The molecule has 0 spiro atoms. The van der Waals surface area contributed by atoms with E-state index < -0.39 is 0 Å². The molecule has 4 heteroatoms. The van der Waals surface area contributed by atoms with Crippen molar-refractivity contribution in [1.29, 1.82) is 0 Å². The number of hydrogen-bond acceptors (Lipinski definition) is 1. The summed E-state index contributed by atoms with van der Waals surface area (Å²) in [5.74, 6) is 1.20. The molecule has 2 aromatic rings. The van der Waals surface area contributed by atoms with Crippen LogP contribution in [0.1, 0.15) is 24.6 Å². The number of aromatic nitrogens is 2. The second-order valence-corrected chi connectivity index (χ2v) is 4.23. The van der Waals surface area contributed by atoms with Gasteiger partial charge in [-0.05, 0) is 25.0 Å². The maximum absolute atomic E-state index is 13.0. The number of piperidine rings is 1. The summed E-state index contributed by atoms with van der Waals surface area (Å²) in [5, 5.41) is 4.32. The number of nitrogens with one attached hydrogen (secondary N) is 1. The number of benzene rings is 1. The molecule has 0 amide bonds. The average molecular weight is 218 g/mol. The van der Waals surface area contributed by atoms with E-state index in [4.69, 9.17) is 0 Å². The standard InChI is InChI=1S/C12H13FN3/c13-9-1-2-10-11(7-9)16-12(15-10)8-3-5-14-6-4-8/h1-2,7-8H,3-6H2,(H,15,16). The van der Waals surface area contributed by atoms with Crippen LogP contribution in [-0.2, 0) is 0 Å². The molecule has 0 aliphatic carbocycles. The lowest BCUT2D eigenvalue weighted by atomic mass is 9.98. The van der Waals surface area contributed by atoms with Crippen molar-refractivity contribution in [1.82, 2.24) is 15.3 Å². The quantitative estimate of drug-likeness (QED) is 0.783. The van der Waals surface area contributed by atoms with Crippen LogP contribution in [0.4, 0.5) is 4.39 Å². The van der Waals surface area contributed by atoms with E-state index in [2.05, 4.69) is 15.3 Å². The minimum atomic E-state index is -0.232. The smallest absolute Gasteiger partial charge is 0.125 e. The minimum Gasteiger partial charge on any atom is -0.342 e. The molecule has 2 heterocycles. The molecule has 1 saturated heterocycles. The van der Waals surface area contributed by atoms with Gasteiger partial charge in [-0.25, -0.2) is 14.7 Å². The molecule has 16 heavy (non-hydrogen) atoms. The van der Waals surface area contributed by atoms with E-state index in [1.165, 1.54) is 12.1 Å². The van der Waals surface area contributed by atoms with Gasteiger partial charge in [0.15, 0.2) is 0 Å². The fraction of sp³-hybridized carbons (Fsp3) is 0.417. The van der Waals surface area contributed by atoms with Crippen molar-refractivity contribution in [2.45, 2.75) is 18.8 Å². The number of aromatic amines is 1. The zero-order valence-corrected chi connectivity index (χ0v) is 8.91. The first-order valence-corrected chi connectivity index (χ1v) is 5.61. The molecule has 0 saturated carbocycles. The Labute approximate surface area is 93.1 Å². The lowest BCUT2D eigenvalue weighted by Gasteiger charge is -2.18. The van der Waals surface area contributed by atoms with Gasteiger partial charge in [-0.2, -0.15) is 0 Å². The summed E-state index contributed by atoms with van der Waals surface area (Å²) in [7, 11) is 0. The van der Waals surface area contributed by atoms with E-state index in [1.807, 2.05) is 0 Å². The Bertz CT molecular complexity index is 500. The van der Waals surface area contributed by atoms with Gasteiger partial charge in [-0.15, -0.1) is 0 Å². The van der Waals surface area contributed by atoms with Gasteiger partial charge in [-0.1, -0.05) is 0 Å². The zero-order valence-electron chi connectivity index (χ0n) is 8.91. The minimum absolute atomic E-state index is 0.232. The van der Waals surface area contributed by atoms with Crippen molar-refractivity contribution < 1.29 is 4.39 Å². The van der Waals surface area contributed by atoms with Gasteiger partial charge in [-0.3, -0.25) is 0 Å². The molecule has 0 bridgehead atoms. The highest BCUT2D eigenvalue weighted by molar-refractivity contribution is 5.75. The van der Waals surface area contributed by atoms with Crippen LogP contribution < -0.4 is 5.32 Å². The van der Waals surface area contributed by atoms with Crippen LogP contribution in [-0.4, -0.2) is 23.1 Å². The number of hydrogen-bond donors (Lipinski definition) is 1. The molecule has 1 aliphatic rings. The molecule has 0 unspecified atom stereocenters. The second-order valence-electron chi connectivity index (χ2n) is 4.23. The molecule has 0 atom stereocenters. The predicted molar refractivity (Wildman–Crippen MR) is 59.9 cm³/mol. The number of rotatable bonds is 1. The van der Waals surface area contributed by atoms with E-state index in [1.54, 1.807) is 6.07 Å². The molecule has 1 radical (unpaired) electrons. The molecule has 83 valence electrons. The maximum Gasteiger partial charge on any atom is 0.125 e. The Hall–Kier alpha value is -1.42. The molecule has 3 nitrogen and oxygen atoms in total. The van der Waals surface area contributed by atoms with Gasteiger partial charge < -0.3 is 4.98 Å². The summed E-state index contributed by atoms with van der Waals surface area (Å²) in [6.45, 7) is 1.83. The monoisotopic (exact) mass is 218 g/mol. The number of nitrogens with zero attached hydrogens (tertiary/aromatic N) is 2. The summed E-state index contributed by atoms with van der Waals surface area (Å²) >= 11 is 0. The van der Waals surface area contributed by atoms with E-state index >= 15 is 0 Å². The van der Waals surface area contributed by atoms with E-state index in [-0.39, 0.29) is 5.82 Å². The van der Waals surface area contributed by atoms with Crippen molar-refractivity contribution >= 4 is 11.0 Å². The number of H-pyrrole nitrogens is 1. The molecule has 1 aliphatic heterocycles. The lowest BCUT2D eigenvalue weighted by molar-refractivity contribution is 0.441. The lowest BCUT2D eigenvalue weighted by Crippen LogP contribution is -2.21.